The molecular formula is C19H27F2N3O4. The molecule has 2 amide bonds. The maximum atomic E-state index is 13.7. The molecule has 0 aromatic carbocycles. The number of rotatable bonds is 6. The van der Waals surface area contributed by atoms with Gasteiger partial charge in [0.2, 0.25) is 11.7 Å². The fourth-order valence-electron chi connectivity index (χ4n) is 3.67. The van der Waals surface area contributed by atoms with Crippen molar-refractivity contribution in [3.8, 4) is 0 Å². The number of amides is 2. The molecule has 1 saturated carbocycles. The van der Waals surface area contributed by atoms with Gasteiger partial charge in [0.05, 0.1) is 24.9 Å². The van der Waals surface area contributed by atoms with E-state index in [1.54, 1.807) is 11.0 Å². The Morgan fingerprint density at radius 1 is 1.43 bits per heavy atom. The highest BCUT2D eigenvalue weighted by molar-refractivity contribution is 5.92. The molecule has 2 atom stereocenters. The maximum Gasteiger partial charge on any atom is 0.292 e. The lowest BCUT2D eigenvalue weighted by Crippen LogP contribution is -2.53. The molecule has 7 nitrogen and oxygen atoms in total. The molecule has 2 heterocycles. The molecule has 2 unspecified atom stereocenters. The average Bonchev–Trinajstić information content (AvgIpc) is 3.27. The molecule has 0 radical (unpaired) electrons. The molecule has 1 aliphatic carbocycles. The molecule has 0 spiro atoms. The minimum absolute atomic E-state index is 0.138. The second-order valence-corrected chi connectivity index (χ2v) is 7.86. The van der Waals surface area contributed by atoms with E-state index in [1.807, 2.05) is 13.8 Å². The minimum atomic E-state index is -2.77. The molecule has 1 aliphatic heterocycles. The average molecular weight is 399 g/mol. The lowest BCUT2D eigenvalue weighted by Gasteiger charge is -2.35. The van der Waals surface area contributed by atoms with Gasteiger partial charge >= 0.3 is 0 Å². The third kappa shape index (κ3) is 4.68. The molecule has 1 aromatic heterocycles. The number of nitrogens with one attached hydrogen (secondary N) is 1. The fourth-order valence-corrected chi connectivity index (χ4v) is 3.67. The van der Waals surface area contributed by atoms with Crippen molar-refractivity contribution < 1.29 is 27.6 Å². The lowest BCUT2D eigenvalue weighted by atomic mass is 10.0. The fraction of sp³-hybridized carbons (Fsp3) is 0.737. The van der Waals surface area contributed by atoms with Crippen molar-refractivity contribution in [2.24, 2.45) is 5.92 Å². The lowest BCUT2D eigenvalue weighted by molar-refractivity contribution is -0.126. The first-order valence-corrected chi connectivity index (χ1v) is 9.77. The second kappa shape index (κ2) is 8.55. The molecule has 2 aliphatic rings. The first-order chi connectivity index (χ1) is 13.3. The maximum absolute atomic E-state index is 13.7. The number of hydrogen-bond acceptors (Lipinski definition) is 5. The van der Waals surface area contributed by atoms with E-state index in [0.29, 0.717) is 31.7 Å². The third-order valence-electron chi connectivity index (χ3n) is 5.45. The van der Waals surface area contributed by atoms with Crippen molar-refractivity contribution in [1.82, 2.24) is 15.4 Å². The highest BCUT2D eigenvalue weighted by Gasteiger charge is 2.44. The Hall–Kier alpha value is -2.03. The predicted octanol–water partition coefficient (Wildman–Crippen LogP) is 2.58. The normalized spacial score (nSPS) is 24.5. The molecule has 1 N–H and O–H groups in total. The zero-order valence-corrected chi connectivity index (χ0v) is 16.2. The number of nitrogens with zero attached hydrogens (tertiary/aromatic N) is 2. The number of alkyl halides is 2. The van der Waals surface area contributed by atoms with Crippen LogP contribution in [0.1, 0.15) is 61.7 Å². The molecule has 1 aromatic rings. The summed E-state index contributed by atoms with van der Waals surface area (Å²) in [7, 11) is 0. The summed E-state index contributed by atoms with van der Waals surface area (Å²) in [5, 5.41) is 6.59. The van der Waals surface area contributed by atoms with Gasteiger partial charge in [-0.1, -0.05) is 19.0 Å². The van der Waals surface area contributed by atoms with Crippen molar-refractivity contribution >= 4 is 11.8 Å². The zero-order valence-electron chi connectivity index (χ0n) is 16.2. The van der Waals surface area contributed by atoms with E-state index in [1.165, 1.54) is 0 Å². The van der Waals surface area contributed by atoms with Crippen LogP contribution in [0.3, 0.4) is 0 Å². The Kier molecular flexibility index (Phi) is 6.32. The van der Waals surface area contributed by atoms with Crippen LogP contribution in [0, 0.1) is 5.92 Å². The van der Waals surface area contributed by atoms with Crippen molar-refractivity contribution in [2.45, 2.75) is 57.4 Å². The van der Waals surface area contributed by atoms with Gasteiger partial charge in [-0.2, -0.15) is 0 Å². The molecule has 2 fully saturated rings. The second-order valence-electron chi connectivity index (χ2n) is 7.86. The SMILES string of the molecule is CC(C)c1cc(C(=O)N2CCOCC2CNC(=O)CC2CCCC2(F)F)on1. The molecule has 0 bridgehead atoms. The van der Waals surface area contributed by atoms with Gasteiger partial charge in [0.15, 0.2) is 0 Å². The number of hydrogen-bond donors (Lipinski definition) is 1. The summed E-state index contributed by atoms with van der Waals surface area (Å²) >= 11 is 0. The van der Waals surface area contributed by atoms with Gasteiger partial charge in [0.1, 0.15) is 0 Å². The van der Waals surface area contributed by atoms with Crippen LogP contribution >= 0.6 is 0 Å². The zero-order chi connectivity index (χ0) is 20.3. The smallest absolute Gasteiger partial charge is 0.292 e. The summed E-state index contributed by atoms with van der Waals surface area (Å²) < 4.78 is 38.0. The van der Waals surface area contributed by atoms with Crippen molar-refractivity contribution in [3.05, 3.63) is 17.5 Å². The van der Waals surface area contributed by atoms with Crippen molar-refractivity contribution in [1.29, 1.82) is 0 Å². The highest BCUT2D eigenvalue weighted by atomic mass is 19.3. The molecule has 156 valence electrons. The number of ether oxygens (including phenoxy) is 1. The van der Waals surface area contributed by atoms with Crippen LogP contribution < -0.4 is 5.32 Å². The van der Waals surface area contributed by atoms with E-state index in [4.69, 9.17) is 9.26 Å². The third-order valence-corrected chi connectivity index (χ3v) is 5.45. The first kappa shape index (κ1) is 20.7. The summed E-state index contributed by atoms with van der Waals surface area (Å²) in [5.41, 5.74) is 0.693. The van der Waals surface area contributed by atoms with Gasteiger partial charge in [-0.05, 0) is 18.8 Å². The Bertz CT molecular complexity index is 707. The number of halogens is 2. The van der Waals surface area contributed by atoms with Crippen LogP contribution in [0.25, 0.3) is 0 Å². The Labute approximate surface area is 162 Å². The van der Waals surface area contributed by atoms with E-state index in [0.717, 1.165) is 0 Å². The number of carbonyl (C=O) groups excluding carboxylic acids is 2. The molecule has 1 saturated heterocycles. The van der Waals surface area contributed by atoms with Gasteiger partial charge in [0, 0.05) is 37.9 Å². The summed E-state index contributed by atoms with van der Waals surface area (Å²) in [5.74, 6) is -4.13. The van der Waals surface area contributed by atoms with Crippen LogP contribution in [0.15, 0.2) is 10.6 Å². The summed E-state index contributed by atoms with van der Waals surface area (Å²) in [6, 6.07) is 1.24. The summed E-state index contributed by atoms with van der Waals surface area (Å²) in [6.07, 6.45) is 0.452. The van der Waals surface area contributed by atoms with E-state index >= 15 is 0 Å². The first-order valence-electron chi connectivity index (χ1n) is 9.77. The van der Waals surface area contributed by atoms with Gasteiger partial charge in [-0.3, -0.25) is 9.59 Å². The summed E-state index contributed by atoms with van der Waals surface area (Å²) in [6.45, 7) is 5.05. The van der Waals surface area contributed by atoms with E-state index < -0.39 is 17.7 Å². The standard InChI is InChI=1S/C19H27F2N3O4/c1-12(2)15-9-16(28-23-15)18(26)24-6-7-27-11-14(24)10-22-17(25)8-13-4-3-5-19(13,20)21/h9,12-14H,3-8,10-11H2,1-2H3,(H,22,25). The summed E-state index contributed by atoms with van der Waals surface area (Å²) in [4.78, 5) is 26.5. The number of aromatic nitrogens is 1. The minimum Gasteiger partial charge on any atom is -0.377 e. The molecular weight excluding hydrogens is 372 g/mol. The van der Waals surface area contributed by atoms with Gasteiger partial charge in [-0.15, -0.1) is 0 Å². The monoisotopic (exact) mass is 399 g/mol. The molecule has 9 heteroatoms. The van der Waals surface area contributed by atoms with Gasteiger partial charge in [-0.25, -0.2) is 8.78 Å². The van der Waals surface area contributed by atoms with Crippen molar-refractivity contribution in [3.63, 3.8) is 0 Å². The van der Waals surface area contributed by atoms with Crippen LogP contribution in [0.5, 0.6) is 0 Å². The molecule has 3 rings (SSSR count). The Balaban J connectivity index is 1.57. The number of morpholine rings is 1. The Morgan fingerprint density at radius 2 is 2.21 bits per heavy atom. The van der Waals surface area contributed by atoms with E-state index in [2.05, 4.69) is 10.5 Å². The van der Waals surface area contributed by atoms with Gasteiger partial charge < -0.3 is 19.5 Å². The van der Waals surface area contributed by atoms with Crippen molar-refractivity contribution in [2.75, 3.05) is 26.3 Å². The quantitative estimate of drug-likeness (QED) is 0.795. The Morgan fingerprint density at radius 3 is 2.86 bits per heavy atom. The van der Waals surface area contributed by atoms with Gasteiger partial charge in [0.25, 0.3) is 11.8 Å². The van der Waals surface area contributed by atoms with Crippen LogP contribution in [-0.2, 0) is 9.53 Å². The van der Waals surface area contributed by atoms with Crippen LogP contribution in [0.2, 0.25) is 0 Å². The van der Waals surface area contributed by atoms with E-state index in [-0.39, 0.29) is 49.6 Å². The topological polar surface area (TPSA) is 84.7 Å². The van der Waals surface area contributed by atoms with E-state index in [9.17, 15) is 18.4 Å². The molecule has 28 heavy (non-hydrogen) atoms. The van der Waals surface area contributed by atoms with Crippen LogP contribution in [0.4, 0.5) is 8.78 Å². The highest BCUT2D eigenvalue weighted by Crippen LogP contribution is 2.42. The van der Waals surface area contributed by atoms with Crippen LogP contribution in [-0.4, -0.2) is 60.1 Å². The largest absolute Gasteiger partial charge is 0.377 e. The predicted molar refractivity (Wildman–Crippen MR) is 96.2 cm³/mol. The number of carbonyl (C=O) groups is 2.